The zero-order chi connectivity index (χ0) is 23.4. The fraction of sp³-hybridized carbons (Fsp3) is 0.400. The standard InChI is InChI=1S/C25H29FN4O2S/c1-18(2)11-12-30-24(32)19-7-3-5-9-21(19)27-25(30)33-17-23(31)29-15-13-28(14-16-29)22-10-6-4-8-20(22)26/h3-10,18H,11-17H2,1-2H3. The van der Waals surface area contributed by atoms with Crippen LogP contribution in [0.15, 0.2) is 58.5 Å². The summed E-state index contributed by atoms with van der Waals surface area (Å²) >= 11 is 1.32. The first kappa shape index (κ1) is 23.3. The number of nitrogens with zero attached hydrogens (tertiary/aromatic N) is 4. The van der Waals surface area contributed by atoms with Gasteiger partial charge in [-0.2, -0.15) is 0 Å². The minimum atomic E-state index is -0.241. The van der Waals surface area contributed by atoms with Gasteiger partial charge >= 0.3 is 0 Å². The van der Waals surface area contributed by atoms with E-state index in [2.05, 4.69) is 13.8 Å². The molecule has 6 nitrogen and oxygen atoms in total. The molecule has 0 spiro atoms. The smallest absolute Gasteiger partial charge is 0.262 e. The lowest BCUT2D eigenvalue weighted by atomic mass is 10.1. The molecule has 2 aromatic carbocycles. The summed E-state index contributed by atoms with van der Waals surface area (Å²) in [4.78, 5) is 34.5. The van der Waals surface area contributed by atoms with E-state index in [0.29, 0.717) is 60.4 Å². The number of fused-ring (bicyclic) bond motifs is 1. The second-order valence-corrected chi connectivity index (χ2v) is 9.60. The molecule has 0 N–H and O–H groups in total. The zero-order valence-electron chi connectivity index (χ0n) is 19.0. The van der Waals surface area contributed by atoms with Crippen LogP contribution in [0.25, 0.3) is 10.9 Å². The van der Waals surface area contributed by atoms with Crippen molar-refractivity contribution in [3.05, 3.63) is 64.7 Å². The van der Waals surface area contributed by atoms with Gasteiger partial charge in [-0.3, -0.25) is 14.2 Å². The molecular formula is C25H29FN4O2S. The molecule has 0 atom stereocenters. The van der Waals surface area contributed by atoms with Gasteiger partial charge in [-0.1, -0.05) is 49.9 Å². The molecule has 1 aliphatic rings. The van der Waals surface area contributed by atoms with Gasteiger partial charge in [0.25, 0.3) is 5.56 Å². The third-order valence-electron chi connectivity index (χ3n) is 5.91. The predicted molar refractivity (Wildman–Crippen MR) is 131 cm³/mol. The number of halogens is 1. The van der Waals surface area contributed by atoms with Gasteiger partial charge in [-0.05, 0) is 36.6 Å². The minimum absolute atomic E-state index is 0.00556. The fourth-order valence-corrected chi connectivity index (χ4v) is 4.89. The van der Waals surface area contributed by atoms with E-state index < -0.39 is 0 Å². The van der Waals surface area contributed by atoms with Crippen LogP contribution in [0.3, 0.4) is 0 Å². The third kappa shape index (κ3) is 5.38. The summed E-state index contributed by atoms with van der Waals surface area (Å²) in [5.74, 6) is 0.431. The van der Waals surface area contributed by atoms with Crippen LogP contribution in [0.4, 0.5) is 10.1 Å². The number of carbonyl (C=O) groups is 1. The molecule has 2 heterocycles. The molecule has 8 heteroatoms. The topological polar surface area (TPSA) is 58.4 Å². The van der Waals surface area contributed by atoms with Crippen LogP contribution in [-0.2, 0) is 11.3 Å². The van der Waals surface area contributed by atoms with Crippen LogP contribution in [0.5, 0.6) is 0 Å². The maximum atomic E-state index is 14.1. The van der Waals surface area contributed by atoms with Crippen LogP contribution in [0.2, 0.25) is 0 Å². The van der Waals surface area contributed by atoms with Crippen molar-refractivity contribution in [2.75, 3.05) is 36.8 Å². The predicted octanol–water partition coefficient (Wildman–Crippen LogP) is 4.02. The van der Waals surface area contributed by atoms with E-state index in [1.165, 1.54) is 17.8 Å². The Morgan fingerprint density at radius 2 is 1.76 bits per heavy atom. The van der Waals surface area contributed by atoms with Gasteiger partial charge in [0.2, 0.25) is 5.91 Å². The summed E-state index contributed by atoms with van der Waals surface area (Å²) in [7, 11) is 0. The number of piperazine rings is 1. The number of anilines is 1. The van der Waals surface area contributed by atoms with Crippen molar-refractivity contribution in [1.29, 1.82) is 0 Å². The fourth-order valence-electron chi connectivity index (χ4n) is 3.96. The van der Waals surface area contributed by atoms with E-state index in [0.717, 1.165) is 6.42 Å². The average Bonchev–Trinajstić information content (AvgIpc) is 2.82. The minimum Gasteiger partial charge on any atom is -0.366 e. The molecular weight excluding hydrogens is 439 g/mol. The van der Waals surface area contributed by atoms with Crippen molar-refractivity contribution < 1.29 is 9.18 Å². The summed E-state index contributed by atoms with van der Waals surface area (Å²) in [6, 6.07) is 14.1. The Morgan fingerprint density at radius 1 is 1.06 bits per heavy atom. The van der Waals surface area contributed by atoms with Crippen LogP contribution in [-0.4, -0.2) is 52.3 Å². The highest BCUT2D eigenvalue weighted by Gasteiger charge is 2.23. The largest absolute Gasteiger partial charge is 0.366 e. The Hall–Kier alpha value is -2.87. The summed E-state index contributed by atoms with van der Waals surface area (Å²) in [5.41, 5.74) is 1.17. The summed E-state index contributed by atoms with van der Waals surface area (Å²) in [6.45, 7) is 7.08. The molecule has 0 saturated carbocycles. The summed E-state index contributed by atoms with van der Waals surface area (Å²) in [5, 5.41) is 1.18. The van der Waals surface area contributed by atoms with Gasteiger partial charge in [0.05, 0.1) is 22.3 Å². The molecule has 0 radical (unpaired) electrons. The van der Waals surface area contributed by atoms with Gasteiger partial charge in [-0.25, -0.2) is 9.37 Å². The molecule has 1 aromatic heterocycles. The second-order valence-electron chi connectivity index (χ2n) is 8.66. The highest BCUT2D eigenvalue weighted by atomic mass is 32.2. The molecule has 0 aliphatic carbocycles. The van der Waals surface area contributed by atoms with Crippen molar-refractivity contribution in [3.63, 3.8) is 0 Å². The molecule has 174 valence electrons. The first-order chi connectivity index (χ1) is 15.9. The number of thioether (sulfide) groups is 1. The van der Waals surface area contributed by atoms with E-state index >= 15 is 0 Å². The molecule has 1 saturated heterocycles. The van der Waals surface area contributed by atoms with Gasteiger partial charge < -0.3 is 9.80 Å². The van der Waals surface area contributed by atoms with Gasteiger partial charge in [-0.15, -0.1) is 0 Å². The van der Waals surface area contributed by atoms with Crippen molar-refractivity contribution in [1.82, 2.24) is 14.5 Å². The van der Waals surface area contributed by atoms with Crippen molar-refractivity contribution in [3.8, 4) is 0 Å². The maximum absolute atomic E-state index is 14.1. The maximum Gasteiger partial charge on any atom is 0.262 e. The molecule has 1 amide bonds. The Morgan fingerprint density at radius 3 is 2.48 bits per heavy atom. The van der Waals surface area contributed by atoms with Gasteiger partial charge in [0.1, 0.15) is 5.82 Å². The SMILES string of the molecule is CC(C)CCn1c(SCC(=O)N2CCN(c3ccccc3F)CC2)nc2ccccc2c1=O. The van der Waals surface area contributed by atoms with Crippen LogP contribution in [0, 0.1) is 11.7 Å². The first-order valence-corrected chi connectivity index (χ1v) is 12.3. The number of rotatable bonds is 7. The number of benzene rings is 2. The van der Waals surface area contributed by atoms with E-state index in [9.17, 15) is 14.0 Å². The monoisotopic (exact) mass is 468 g/mol. The number of hydrogen-bond acceptors (Lipinski definition) is 5. The molecule has 0 bridgehead atoms. The lowest BCUT2D eigenvalue weighted by Crippen LogP contribution is -2.49. The Balaban J connectivity index is 1.44. The highest BCUT2D eigenvalue weighted by Crippen LogP contribution is 2.22. The molecule has 4 rings (SSSR count). The zero-order valence-corrected chi connectivity index (χ0v) is 19.9. The first-order valence-electron chi connectivity index (χ1n) is 11.3. The lowest BCUT2D eigenvalue weighted by molar-refractivity contribution is -0.128. The number of aromatic nitrogens is 2. The quantitative estimate of drug-likeness (QED) is 0.387. The van der Waals surface area contributed by atoms with Crippen LogP contribution in [0.1, 0.15) is 20.3 Å². The Labute approximate surface area is 197 Å². The van der Waals surface area contributed by atoms with E-state index in [1.807, 2.05) is 34.1 Å². The van der Waals surface area contributed by atoms with Crippen molar-refractivity contribution in [2.24, 2.45) is 5.92 Å². The number of carbonyl (C=O) groups excluding carboxylic acids is 1. The Bertz CT molecular complexity index is 1190. The van der Waals surface area contributed by atoms with E-state index in [-0.39, 0.29) is 23.0 Å². The normalized spacial score (nSPS) is 14.3. The van der Waals surface area contributed by atoms with Gasteiger partial charge in [0.15, 0.2) is 5.16 Å². The summed E-state index contributed by atoms with van der Waals surface area (Å²) < 4.78 is 15.8. The van der Waals surface area contributed by atoms with Crippen LogP contribution >= 0.6 is 11.8 Å². The molecule has 1 aliphatic heterocycles. The Kier molecular flexibility index (Phi) is 7.33. The number of amides is 1. The third-order valence-corrected chi connectivity index (χ3v) is 6.87. The van der Waals surface area contributed by atoms with E-state index in [1.54, 1.807) is 22.8 Å². The second kappa shape index (κ2) is 10.4. The number of para-hydroxylation sites is 2. The molecule has 0 unspecified atom stereocenters. The number of hydrogen-bond donors (Lipinski definition) is 0. The van der Waals surface area contributed by atoms with Crippen molar-refractivity contribution in [2.45, 2.75) is 32.0 Å². The molecule has 1 fully saturated rings. The average molecular weight is 469 g/mol. The molecule has 33 heavy (non-hydrogen) atoms. The lowest BCUT2D eigenvalue weighted by Gasteiger charge is -2.36. The van der Waals surface area contributed by atoms with Crippen molar-refractivity contribution >= 4 is 34.3 Å². The van der Waals surface area contributed by atoms with Crippen LogP contribution < -0.4 is 10.5 Å². The summed E-state index contributed by atoms with van der Waals surface area (Å²) in [6.07, 6.45) is 0.861. The molecule has 3 aromatic rings. The van der Waals surface area contributed by atoms with Gasteiger partial charge in [0, 0.05) is 32.7 Å². The highest BCUT2D eigenvalue weighted by molar-refractivity contribution is 7.99. The van der Waals surface area contributed by atoms with E-state index in [4.69, 9.17) is 4.98 Å².